The lowest BCUT2D eigenvalue weighted by Crippen LogP contribution is -2.28. The summed E-state index contributed by atoms with van der Waals surface area (Å²) < 4.78 is 0. The maximum absolute atomic E-state index is 4.47. The van der Waals surface area contributed by atoms with Gasteiger partial charge < -0.3 is 5.32 Å². The molecule has 1 N–H and O–H groups in total. The summed E-state index contributed by atoms with van der Waals surface area (Å²) >= 11 is 0. The molecule has 1 heterocycles. The van der Waals surface area contributed by atoms with Crippen molar-refractivity contribution in [2.45, 2.75) is 45.1 Å². The van der Waals surface area contributed by atoms with E-state index in [1.807, 2.05) is 7.05 Å². The van der Waals surface area contributed by atoms with Gasteiger partial charge in [0.1, 0.15) is 6.33 Å². The summed E-state index contributed by atoms with van der Waals surface area (Å²) in [7, 11) is 2.00. The molecular weight excluding hydrogens is 186 g/mol. The van der Waals surface area contributed by atoms with Crippen LogP contribution in [0.3, 0.4) is 0 Å². The van der Waals surface area contributed by atoms with Crippen LogP contribution in [-0.4, -0.2) is 23.1 Å². The van der Waals surface area contributed by atoms with Gasteiger partial charge in [0, 0.05) is 17.7 Å². The minimum Gasteiger partial charge on any atom is -0.317 e. The molecule has 0 bridgehead atoms. The molecule has 0 saturated heterocycles. The van der Waals surface area contributed by atoms with Gasteiger partial charge in [-0.05, 0) is 38.8 Å². The molecule has 15 heavy (non-hydrogen) atoms. The molecule has 0 amide bonds. The Kier molecular flexibility index (Phi) is 3.00. The molecule has 2 unspecified atom stereocenters. The Labute approximate surface area is 91.3 Å². The molecule has 0 aromatic carbocycles. The second-order valence-electron chi connectivity index (χ2n) is 4.40. The van der Waals surface area contributed by atoms with Gasteiger partial charge in [0.25, 0.3) is 0 Å². The number of nitrogens with zero attached hydrogens (tertiary/aromatic N) is 2. The lowest BCUT2D eigenvalue weighted by Gasteiger charge is -2.20. The first-order valence-corrected chi connectivity index (χ1v) is 5.74. The quantitative estimate of drug-likeness (QED) is 0.815. The number of fused-ring (bicyclic) bond motifs is 1. The van der Waals surface area contributed by atoms with Crippen molar-refractivity contribution >= 4 is 0 Å². The summed E-state index contributed by atoms with van der Waals surface area (Å²) in [5, 5.41) is 3.29. The van der Waals surface area contributed by atoms with Crippen LogP contribution >= 0.6 is 0 Å². The predicted octanol–water partition coefficient (Wildman–Crippen LogP) is 1.68. The van der Waals surface area contributed by atoms with E-state index in [-0.39, 0.29) is 0 Å². The Morgan fingerprint density at radius 3 is 2.80 bits per heavy atom. The molecule has 0 radical (unpaired) electrons. The van der Waals surface area contributed by atoms with Gasteiger partial charge in [-0.3, -0.25) is 0 Å². The maximum atomic E-state index is 4.47. The Bertz CT molecular complexity index is 349. The number of rotatable bonds is 3. The van der Waals surface area contributed by atoms with Crippen LogP contribution in [0.1, 0.15) is 43.1 Å². The standard InChI is InChI=1S/C12H19N3/c1-8(9(2)13-3)12-10-5-4-6-11(10)14-7-15-12/h7-9,13H,4-6H2,1-3H3. The zero-order valence-electron chi connectivity index (χ0n) is 9.75. The highest BCUT2D eigenvalue weighted by atomic mass is 14.9. The molecule has 0 saturated carbocycles. The second kappa shape index (κ2) is 4.27. The fourth-order valence-corrected chi connectivity index (χ4v) is 2.26. The van der Waals surface area contributed by atoms with Gasteiger partial charge in [0.2, 0.25) is 0 Å². The summed E-state index contributed by atoms with van der Waals surface area (Å²) in [6.45, 7) is 4.44. The topological polar surface area (TPSA) is 37.8 Å². The number of hydrogen-bond acceptors (Lipinski definition) is 3. The highest BCUT2D eigenvalue weighted by Crippen LogP contribution is 2.28. The van der Waals surface area contributed by atoms with E-state index in [0.717, 1.165) is 12.8 Å². The van der Waals surface area contributed by atoms with Gasteiger partial charge >= 0.3 is 0 Å². The first-order chi connectivity index (χ1) is 7.24. The van der Waals surface area contributed by atoms with E-state index >= 15 is 0 Å². The van der Waals surface area contributed by atoms with Crippen molar-refractivity contribution in [3.05, 3.63) is 23.3 Å². The highest BCUT2D eigenvalue weighted by molar-refractivity contribution is 5.31. The van der Waals surface area contributed by atoms with Gasteiger partial charge in [0.15, 0.2) is 0 Å². The predicted molar refractivity (Wildman–Crippen MR) is 61.0 cm³/mol. The monoisotopic (exact) mass is 205 g/mol. The van der Waals surface area contributed by atoms with Crippen molar-refractivity contribution < 1.29 is 0 Å². The Balaban J connectivity index is 2.32. The molecule has 3 nitrogen and oxygen atoms in total. The number of aryl methyl sites for hydroxylation is 1. The average molecular weight is 205 g/mol. The smallest absolute Gasteiger partial charge is 0.115 e. The number of nitrogens with one attached hydrogen (secondary N) is 1. The summed E-state index contributed by atoms with van der Waals surface area (Å²) in [5.74, 6) is 0.463. The molecule has 0 aliphatic heterocycles. The molecular formula is C12H19N3. The fraction of sp³-hybridized carbons (Fsp3) is 0.667. The number of hydrogen-bond donors (Lipinski definition) is 1. The van der Waals surface area contributed by atoms with Gasteiger partial charge in [-0.15, -0.1) is 0 Å². The molecule has 1 aliphatic carbocycles. The van der Waals surface area contributed by atoms with Crippen molar-refractivity contribution in [2.24, 2.45) is 0 Å². The zero-order chi connectivity index (χ0) is 10.8. The van der Waals surface area contributed by atoms with Crippen LogP contribution in [0.5, 0.6) is 0 Å². The third-order valence-corrected chi connectivity index (χ3v) is 3.54. The first-order valence-electron chi connectivity index (χ1n) is 5.74. The van der Waals surface area contributed by atoms with Crippen LogP contribution in [0.4, 0.5) is 0 Å². The summed E-state index contributed by atoms with van der Waals surface area (Å²) in [6.07, 6.45) is 5.25. The van der Waals surface area contributed by atoms with Crippen LogP contribution in [0.2, 0.25) is 0 Å². The van der Waals surface area contributed by atoms with Gasteiger partial charge in [0.05, 0.1) is 5.69 Å². The molecule has 0 fully saturated rings. The van der Waals surface area contributed by atoms with E-state index in [4.69, 9.17) is 0 Å². The summed E-state index contributed by atoms with van der Waals surface area (Å²) in [5.41, 5.74) is 3.93. The van der Waals surface area contributed by atoms with E-state index < -0.39 is 0 Å². The van der Waals surface area contributed by atoms with E-state index in [9.17, 15) is 0 Å². The molecule has 3 heteroatoms. The molecule has 2 rings (SSSR count). The van der Waals surface area contributed by atoms with Gasteiger partial charge in [-0.25, -0.2) is 9.97 Å². The Morgan fingerprint density at radius 1 is 1.27 bits per heavy atom. The zero-order valence-corrected chi connectivity index (χ0v) is 9.75. The number of aromatic nitrogens is 2. The summed E-state index contributed by atoms with van der Waals surface area (Å²) in [6, 6.07) is 0.463. The second-order valence-corrected chi connectivity index (χ2v) is 4.40. The van der Waals surface area contributed by atoms with Crippen LogP contribution in [0.25, 0.3) is 0 Å². The molecule has 0 spiro atoms. The first kappa shape index (κ1) is 10.6. The fourth-order valence-electron chi connectivity index (χ4n) is 2.26. The summed E-state index contributed by atoms with van der Waals surface area (Å²) in [4.78, 5) is 8.82. The molecule has 1 aromatic heterocycles. The molecule has 1 aromatic rings. The van der Waals surface area contributed by atoms with Crippen LogP contribution in [0, 0.1) is 0 Å². The average Bonchev–Trinajstić information content (AvgIpc) is 2.74. The largest absolute Gasteiger partial charge is 0.317 e. The van der Waals surface area contributed by atoms with E-state index in [0.29, 0.717) is 12.0 Å². The Morgan fingerprint density at radius 2 is 2.07 bits per heavy atom. The van der Waals surface area contributed by atoms with Crippen molar-refractivity contribution in [1.82, 2.24) is 15.3 Å². The van der Waals surface area contributed by atoms with Crippen molar-refractivity contribution in [2.75, 3.05) is 7.05 Å². The normalized spacial score (nSPS) is 18.6. The van der Waals surface area contributed by atoms with Gasteiger partial charge in [-0.2, -0.15) is 0 Å². The Hall–Kier alpha value is -0.960. The van der Waals surface area contributed by atoms with E-state index in [2.05, 4.69) is 29.1 Å². The minimum absolute atomic E-state index is 0.463. The third kappa shape index (κ3) is 1.88. The van der Waals surface area contributed by atoms with Crippen LogP contribution < -0.4 is 5.32 Å². The van der Waals surface area contributed by atoms with Crippen molar-refractivity contribution in [3.8, 4) is 0 Å². The third-order valence-electron chi connectivity index (χ3n) is 3.54. The van der Waals surface area contributed by atoms with E-state index in [1.54, 1.807) is 6.33 Å². The molecule has 82 valence electrons. The van der Waals surface area contributed by atoms with Crippen molar-refractivity contribution in [1.29, 1.82) is 0 Å². The van der Waals surface area contributed by atoms with Crippen LogP contribution in [0.15, 0.2) is 6.33 Å². The van der Waals surface area contributed by atoms with Crippen LogP contribution in [-0.2, 0) is 12.8 Å². The maximum Gasteiger partial charge on any atom is 0.115 e. The molecule has 1 aliphatic rings. The lowest BCUT2D eigenvalue weighted by molar-refractivity contribution is 0.511. The number of likely N-dealkylation sites (N-methyl/N-ethyl adjacent to an activating group) is 1. The van der Waals surface area contributed by atoms with Gasteiger partial charge in [-0.1, -0.05) is 6.92 Å². The minimum atomic E-state index is 0.463. The van der Waals surface area contributed by atoms with E-state index in [1.165, 1.54) is 23.4 Å². The SMILES string of the molecule is CNC(C)C(C)c1ncnc2c1CCC2. The highest BCUT2D eigenvalue weighted by Gasteiger charge is 2.22. The molecule has 2 atom stereocenters. The lowest BCUT2D eigenvalue weighted by atomic mass is 9.95. The van der Waals surface area contributed by atoms with Crippen molar-refractivity contribution in [3.63, 3.8) is 0 Å².